The second-order valence-electron chi connectivity index (χ2n) is 8.10. The zero-order valence-corrected chi connectivity index (χ0v) is 19.0. The molecule has 7 nitrogen and oxygen atoms in total. The summed E-state index contributed by atoms with van der Waals surface area (Å²) in [6.45, 7) is 2.86. The molecule has 0 bridgehead atoms. The lowest BCUT2D eigenvalue weighted by Crippen LogP contribution is -2.51. The van der Waals surface area contributed by atoms with E-state index in [9.17, 15) is 14.4 Å². The van der Waals surface area contributed by atoms with Crippen LogP contribution in [-0.4, -0.2) is 66.3 Å². The summed E-state index contributed by atoms with van der Waals surface area (Å²) in [5, 5.41) is 6.53. The third kappa shape index (κ3) is 6.00. The molecule has 1 aliphatic heterocycles. The first-order valence-electron chi connectivity index (χ1n) is 10.6. The molecule has 0 unspecified atom stereocenters. The van der Waals surface area contributed by atoms with Crippen molar-refractivity contribution in [3.63, 3.8) is 0 Å². The highest BCUT2D eigenvalue weighted by Gasteiger charge is 2.26. The molecule has 0 radical (unpaired) electrons. The van der Waals surface area contributed by atoms with Crippen LogP contribution in [0.3, 0.4) is 0 Å². The third-order valence-corrected chi connectivity index (χ3v) is 5.92. The van der Waals surface area contributed by atoms with Gasteiger partial charge in [0.05, 0.1) is 6.54 Å². The molecule has 0 aromatic heterocycles. The summed E-state index contributed by atoms with van der Waals surface area (Å²) < 4.78 is 0. The van der Waals surface area contributed by atoms with Gasteiger partial charge in [-0.15, -0.1) is 0 Å². The Hall–Kier alpha value is -2.61. The van der Waals surface area contributed by atoms with Crippen LogP contribution in [0.2, 0.25) is 10.0 Å². The van der Waals surface area contributed by atoms with Crippen molar-refractivity contribution in [3.8, 4) is 0 Å². The first-order valence-corrected chi connectivity index (χ1v) is 11.3. The number of nitrogens with zero attached hydrogens (tertiary/aromatic N) is 2. The van der Waals surface area contributed by atoms with Gasteiger partial charge in [-0.3, -0.25) is 19.3 Å². The van der Waals surface area contributed by atoms with E-state index in [2.05, 4.69) is 15.5 Å². The second-order valence-corrected chi connectivity index (χ2v) is 8.97. The van der Waals surface area contributed by atoms with Gasteiger partial charge >= 0.3 is 0 Å². The van der Waals surface area contributed by atoms with Gasteiger partial charge in [-0.05, 0) is 55.3 Å². The van der Waals surface area contributed by atoms with Gasteiger partial charge < -0.3 is 15.5 Å². The zero-order chi connectivity index (χ0) is 22.7. The van der Waals surface area contributed by atoms with Crippen molar-refractivity contribution >= 4 is 46.6 Å². The lowest BCUT2D eigenvalue weighted by molar-refractivity contribution is -0.122. The molecule has 1 aliphatic carbocycles. The van der Waals surface area contributed by atoms with Crippen LogP contribution in [-0.2, 0) is 4.79 Å². The predicted octanol–water partition coefficient (Wildman–Crippen LogP) is 3.28. The molecule has 2 N–H and O–H groups in total. The lowest BCUT2D eigenvalue weighted by atomic mass is 10.1. The molecule has 0 spiro atoms. The number of carbonyl (C=O) groups is 3. The summed E-state index contributed by atoms with van der Waals surface area (Å²) in [6.07, 6.45) is 2.15. The Balaban J connectivity index is 1.28. The lowest BCUT2D eigenvalue weighted by Gasteiger charge is -2.34. The van der Waals surface area contributed by atoms with Crippen LogP contribution in [0.15, 0.2) is 42.5 Å². The molecular formula is C23H24Cl2N4O3. The smallest absolute Gasteiger partial charge is 0.255 e. The Kier molecular flexibility index (Phi) is 6.98. The Morgan fingerprint density at radius 3 is 2.09 bits per heavy atom. The van der Waals surface area contributed by atoms with Crippen LogP contribution in [0, 0.1) is 0 Å². The molecule has 3 amide bonds. The average molecular weight is 475 g/mol. The summed E-state index contributed by atoms with van der Waals surface area (Å²) in [5.41, 5.74) is 1.47. The number of carbonyl (C=O) groups excluding carboxylic acids is 3. The van der Waals surface area contributed by atoms with Crippen LogP contribution < -0.4 is 10.6 Å². The fraction of sp³-hybridized carbons (Fsp3) is 0.348. The summed E-state index contributed by atoms with van der Waals surface area (Å²) in [5.74, 6) is -0.341. The zero-order valence-electron chi connectivity index (χ0n) is 17.4. The van der Waals surface area contributed by atoms with E-state index in [0.717, 1.165) is 12.8 Å². The van der Waals surface area contributed by atoms with Crippen LogP contribution >= 0.6 is 23.2 Å². The Labute approximate surface area is 196 Å². The topological polar surface area (TPSA) is 81.8 Å². The van der Waals surface area contributed by atoms with Crippen molar-refractivity contribution in [1.82, 2.24) is 15.1 Å². The number of nitrogens with one attached hydrogen (secondary N) is 2. The minimum atomic E-state index is -0.338. The highest BCUT2D eigenvalue weighted by molar-refractivity contribution is 6.35. The monoisotopic (exact) mass is 474 g/mol. The second kappa shape index (κ2) is 9.90. The number of halogens is 2. The number of benzene rings is 2. The minimum absolute atomic E-state index is 0.0601. The van der Waals surface area contributed by atoms with Gasteiger partial charge in [0.15, 0.2) is 0 Å². The van der Waals surface area contributed by atoms with Crippen LogP contribution in [0.5, 0.6) is 0 Å². The van der Waals surface area contributed by atoms with Gasteiger partial charge in [-0.2, -0.15) is 0 Å². The summed E-state index contributed by atoms with van der Waals surface area (Å²) in [6, 6.07) is 11.8. The predicted molar refractivity (Wildman–Crippen MR) is 124 cm³/mol. The van der Waals surface area contributed by atoms with E-state index < -0.39 is 0 Å². The molecule has 2 aromatic carbocycles. The van der Waals surface area contributed by atoms with E-state index in [1.54, 1.807) is 35.2 Å². The SMILES string of the molecule is O=C(CN1CCN(C(=O)c2ccc(NC(=O)c3cc(Cl)cc(Cl)c3)cc2)CC1)NC1CC1. The minimum Gasteiger partial charge on any atom is -0.352 e. The van der Waals surface area contributed by atoms with E-state index in [4.69, 9.17) is 23.2 Å². The first kappa shape index (κ1) is 22.6. The molecule has 0 atom stereocenters. The molecule has 32 heavy (non-hydrogen) atoms. The summed E-state index contributed by atoms with van der Waals surface area (Å²) >= 11 is 11.9. The van der Waals surface area contributed by atoms with Crippen molar-refractivity contribution in [2.24, 2.45) is 0 Å². The maximum absolute atomic E-state index is 12.8. The Bertz CT molecular complexity index is 996. The quantitative estimate of drug-likeness (QED) is 0.672. The van der Waals surface area contributed by atoms with Crippen molar-refractivity contribution in [2.75, 3.05) is 38.0 Å². The molecule has 2 fully saturated rings. The van der Waals surface area contributed by atoms with Crippen LogP contribution in [0.4, 0.5) is 5.69 Å². The number of rotatable bonds is 6. The van der Waals surface area contributed by atoms with E-state index in [1.165, 1.54) is 12.1 Å². The van der Waals surface area contributed by atoms with Gasteiger partial charge in [0.1, 0.15) is 0 Å². The molecular weight excluding hydrogens is 451 g/mol. The number of hydrogen-bond donors (Lipinski definition) is 2. The molecule has 4 rings (SSSR count). The van der Waals surface area contributed by atoms with Crippen LogP contribution in [0.1, 0.15) is 33.6 Å². The van der Waals surface area contributed by atoms with Gasteiger partial charge in [-0.25, -0.2) is 0 Å². The maximum Gasteiger partial charge on any atom is 0.255 e. The van der Waals surface area contributed by atoms with E-state index >= 15 is 0 Å². The first-order chi connectivity index (χ1) is 15.4. The standard InChI is InChI=1S/C23H24Cl2N4O3/c24-17-11-16(12-18(25)13-17)22(31)27-20-3-1-15(2-4-20)23(32)29-9-7-28(8-10-29)14-21(30)26-19-5-6-19/h1-4,11-13,19H,5-10,14H2,(H,26,30)(H,27,31). The fourth-order valence-electron chi connectivity index (χ4n) is 3.58. The molecule has 168 valence electrons. The Morgan fingerprint density at radius 1 is 0.875 bits per heavy atom. The molecule has 2 aromatic rings. The third-order valence-electron chi connectivity index (χ3n) is 5.48. The van der Waals surface area contributed by atoms with Gasteiger partial charge in [0.2, 0.25) is 5.91 Å². The highest BCUT2D eigenvalue weighted by Crippen LogP contribution is 2.21. The summed E-state index contributed by atoms with van der Waals surface area (Å²) in [7, 11) is 0. The van der Waals surface area contributed by atoms with E-state index in [1.807, 2.05) is 0 Å². The molecule has 1 saturated carbocycles. The highest BCUT2D eigenvalue weighted by atomic mass is 35.5. The van der Waals surface area contributed by atoms with Crippen LogP contribution in [0.25, 0.3) is 0 Å². The molecule has 1 saturated heterocycles. The number of piperazine rings is 1. The van der Waals surface area contributed by atoms with Crippen molar-refractivity contribution in [1.29, 1.82) is 0 Å². The van der Waals surface area contributed by atoms with Gasteiger partial charge in [0, 0.05) is 59.1 Å². The number of amides is 3. The van der Waals surface area contributed by atoms with Crippen molar-refractivity contribution < 1.29 is 14.4 Å². The van der Waals surface area contributed by atoms with E-state index in [-0.39, 0.29) is 17.7 Å². The fourth-order valence-corrected chi connectivity index (χ4v) is 4.11. The molecule has 9 heteroatoms. The van der Waals surface area contributed by atoms with Crippen molar-refractivity contribution in [2.45, 2.75) is 18.9 Å². The largest absolute Gasteiger partial charge is 0.352 e. The Morgan fingerprint density at radius 2 is 1.50 bits per heavy atom. The molecule has 1 heterocycles. The van der Waals surface area contributed by atoms with Crippen molar-refractivity contribution in [3.05, 3.63) is 63.6 Å². The van der Waals surface area contributed by atoms with E-state index in [0.29, 0.717) is 65.6 Å². The number of anilines is 1. The number of hydrogen-bond acceptors (Lipinski definition) is 4. The maximum atomic E-state index is 12.8. The van der Waals surface area contributed by atoms with Gasteiger partial charge in [0.25, 0.3) is 11.8 Å². The van der Waals surface area contributed by atoms with Gasteiger partial charge in [-0.1, -0.05) is 23.2 Å². The molecule has 2 aliphatic rings. The average Bonchev–Trinajstić information content (AvgIpc) is 3.57. The summed E-state index contributed by atoms with van der Waals surface area (Å²) in [4.78, 5) is 41.1. The normalized spacial score (nSPS) is 16.5.